The molecule has 1 spiro atoms. The van der Waals surface area contributed by atoms with Gasteiger partial charge in [0.15, 0.2) is 12.4 Å². The van der Waals surface area contributed by atoms with Crippen molar-refractivity contribution in [2.24, 2.45) is 0 Å². The number of carbonyl (C=O) groups excluding carboxylic acids is 2. The lowest BCUT2D eigenvalue weighted by Gasteiger charge is -2.43. The molecule has 2 aliphatic heterocycles. The van der Waals surface area contributed by atoms with Gasteiger partial charge in [0.25, 0.3) is 5.91 Å². The molecule has 0 radical (unpaired) electrons. The number of benzene rings is 2. The van der Waals surface area contributed by atoms with Gasteiger partial charge in [-0.1, -0.05) is 18.2 Å². The summed E-state index contributed by atoms with van der Waals surface area (Å²) in [5, 5.41) is 0. The monoisotopic (exact) mass is 379 g/mol. The fourth-order valence-corrected chi connectivity index (χ4v) is 3.93. The summed E-state index contributed by atoms with van der Waals surface area (Å²) in [7, 11) is 0. The van der Waals surface area contributed by atoms with E-state index in [0.29, 0.717) is 49.4 Å². The summed E-state index contributed by atoms with van der Waals surface area (Å²) in [5.41, 5.74) is 2.51. The number of fused-ring (bicyclic) bond motifs is 1. The molecule has 5 nitrogen and oxygen atoms in total. The molecule has 0 bridgehead atoms. The average Bonchev–Trinajstić information content (AvgIpc) is 2.69. The van der Waals surface area contributed by atoms with Gasteiger partial charge in [0.05, 0.1) is 12.0 Å². The number of rotatable bonds is 3. The first-order chi connectivity index (χ1) is 13.5. The number of nitrogens with zero attached hydrogens (tertiary/aromatic N) is 1. The van der Waals surface area contributed by atoms with Crippen molar-refractivity contribution in [1.29, 1.82) is 0 Å². The third-order valence-corrected chi connectivity index (χ3v) is 5.86. The van der Waals surface area contributed by atoms with Crippen molar-refractivity contribution in [2.45, 2.75) is 38.7 Å². The van der Waals surface area contributed by atoms with E-state index in [2.05, 4.69) is 0 Å². The van der Waals surface area contributed by atoms with Crippen LogP contribution in [0, 0.1) is 13.8 Å². The van der Waals surface area contributed by atoms with Crippen LogP contribution in [0.1, 0.15) is 40.7 Å². The van der Waals surface area contributed by atoms with Crippen molar-refractivity contribution in [2.75, 3.05) is 19.7 Å². The van der Waals surface area contributed by atoms with Crippen molar-refractivity contribution in [3.05, 3.63) is 59.2 Å². The van der Waals surface area contributed by atoms with Gasteiger partial charge < -0.3 is 14.4 Å². The third-order valence-electron chi connectivity index (χ3n) is 5.86. The maximum Gasteiger partial charge on any atom is 0.260 e. The highest BCUT2D eigenvalue weighted by Crippen LogP contribution is 2.39. The number of amides is 1. The maximum absolute atomic E-state index is 12.6. The van der Waals surface area contributed by atoms with E-state index in [0.717, 1.165) is 5.56 Å². The number of carbonyl (C=O) groups is 2. The lowest BCUT2D eigenvalue weighted by Crippen LogP contribution is -2.53. The number of likely N-dealkylation sites (tertiary alicyclic amines) is 1. The van der Waals surface area contributed by atoms with Crippen molar-refractivity contribution in [1.82, 2.24) is 4.90 Å². The molecule has 0 N–H and O–H groups in total. The van der Waals surface area contributed by atoms with Crippen molar-refractivity contribution in [3.8, 4) is 11.5 Å². The van der Waals surface area contributed by atoms with Crippen molar-refractivity contribution >= 4 is 11.7 Å². The minimum atomic E-state index is -0.489. The Hall–Kier alpha value is -2.82. The Morgan fingerprint density at radius 3 is 2.61 bits per heavy atom. The molecule has 2 aromatic rings. The summed E-state index contributed by atoms with van der Waals surface area (Å²) in [6.07, 6.45) is 1.69. The first-order valence-electron chi connectivity index (χ1n) is 9.75. The summed E-state index contributed by atoms with van der Waals surface area (Å²) in [6, 6.07) is 13.2. The van der Waals surface area contributed by atoms with E-state index in [1.54, 1.807) is 4.90 Å². The Bertz CT molecular complexity index is 913. The topological polar surface area (TPSA) is 55.8 Å². The zero-order valence-electron chi connectivity index (χ0n) is 16.4. The third kappa shape index (κ3) is 3.61. The highest BCUT2D eigenvalue weighted by molar-refractivity contribution is 6.00. The second-order valence-corrected chi connectivity index (χ2v) is 7.80. The number of hydrogen-bond donors (Lipinski definition) is 0. The summed E-state index contributed by atoms with van der Waals surface area (Å²) in [5.74, 6) is 1.47. The number of ketones is 1. The fraction of sp³-hybridized carbons (Fsp3) is 0.391. The van der Waals surface area contributed by atoms with Crippen LogP contribution in [0.3, 0.4) is 0 Å². The molecule has 0 atom stereocenters. The van der Waals surface area contributed by atoms with Gasteiger partial charge in [-0.15, -0.1) is 0 Å². The number of aryl methyl sites for hydroxylation is 2. The molecule has 4 rings (SSSR count). The lowest BCUT2D eigenvalue weighted by molar-refractivity contribution is -0.136. The molecule has 1 fully saturated rings. The minimum absolute atomic E-state index is 0.0259. The molecule has 2 aliphatic rings. The highest BCUT2D eigenvalue weighted by Gasteiger charge is 2.43. The van der Waals surface area contributed by atoms with Gasteiger partial charge >= 0.3 is 0 Å². The van der Waals surface area contributed by atoms with E-state index in [4.69, 9.17) is 9.47 Å². The van der Waals surface area contributed by atoms with Crippen LogP contribution in [0.25, 0.3) is 0 Å². The molecule has 0 aliphatic carbocycles. The second kappa shape index (κ2) is 7.30. The highest BCUT2D eigenvalue weighted by atomic mass is 16.5. The molecule has 5 heteroatoms. The quantitative estimate of drug-likeness (QED) is 0.816. The molecule has 146 valence electrons. The van der Waals surface area contributed by atoms with Gasteiger partial charge in [0.2, 0.25) is 0 Å². The van der Waals surface area contributed by atoms with E-state index in [9.17, 15) is 9.59 Å². The molecular weight excluding hydrogens is 354 g/mol. The van der Waals surface area contributed by atoms with E-state index in [1.165, 1.54) is 5.56 Å². The molecule has 0 aromatic heterocycles. The molecule has 0 saturated carbocycles. The van der Waals surface area contributed by atoms with Crippen LogP contribution in [0.2, 0.25) is 0 Å². The van der Waals surface area contributed by atoms with Crippen LogP contribution in [0.4, 0.5) is 0 Å². The van der Waals surface area contributed by atoms with E-state index in [-0.39, 0.29) is 18.3 Å². The Morgan fingerprint density at radius 1 is 1.11 bits per heavy atom. The first kappa shape index (κ1) is 18.5. The molecule has 28 heavy (non-hydrogen) atoms. The van der Waals surface area contributed by atoms with Crippen molar-refractivity contribution < 1.29 is 19.1 Å². The van der Waals surface area contributed by atoms with Crippen LogP contribution in [0.5, 0.6) is 11.5 Å². The Balaban J connectivity index is 1.34. The fourth-order valence-electron chi connectivity index (χ4n) is 3.93. The average molecular weight is 379 g/mol. The minimum Gasteiger partial charge on any atom is -0.486 e. The SMILES string of the molecule is Cc1ccc(OCC(=O)N2CCC3(CC2)CC(=O)c2ccccc2O3)cc1C. The van der Waals surface area contributed by atoms with Gasteiger partial charge in [-0.05, 0) is 49.2 Å². The number of hydrogen-bond acceptors (Lipinski definition) is 4. The lowest BCUT2D eigenvalue weighted by atomic mass is 9.82. The van der Waals surface area contributed by atoms with Gasteiger partial charge in [0, 0.05) is 25.9 Å². The predicted octanol–water partition coefficient (Wildman–Crippen LogP) is 3.71. The Kier molecular flexibility index (Phi) is 4.84. The molecule has 1 saturated heterocycles. The van der Waals surface area contributed by atoms with Gasteiger partial charge in [0.1, 0.15) is 17.1 Å². The van der Waals surface area contributed by atoms with Gasteiger partial charge in [-0.3, -0.25) is 9.59 Å². The summed E-state index contributed by atoms with van der Waals surface area (Å²) in [6.45, 7) is 5.25. The van der Waals surface area contributed by atoms with Crippen LogP contribution in [-0.2, 0) is 4.79 Å². The predicted molar refractivity (Wildman–Crippen MR) is 106 cm³/mol. The molecular formula is C23H25NO4. The Morgan fingerprint density at radius 2 is 1.86 bits per heavy atom. The standard InChI is InChI=1S/C23H25NO4/c1-16-7-8-18(13-17(16)2)27-15-22(26)24-11-9-23(10-12-24)14-20(25)19-5-3-4-6-21(19)28-23/h3-8,13H,9-12,14-15H2,1-2H3. The van der Waals surface area contributed by atoms with Gasteiger partial charge in [-0.25, -0.2) is 0 Å². The normalized spacial score (nSPS) is 17.8. The number of para-hydroxylation sites is 1. The van der Waals surface area contributed by atoms with E-state index < -0.39 is 5.60 Å². The van der Waals surface area contributed by atoms with Crippen LogP contribution in [0.15, 0.2) is 42.5 Å². The molecule has 2 heterocycles. The maximum atomic E-state index is 12.6. The van der Waals surface area contributed by atoms with Crippen LogP contribution < -0.4 is 9.47 Å². The number of ether oxygens (including phenoxy) is 2. The van der Waals surface area contributed by atoms with Crippen molar-refractivity contribution in [3.63, 3.8) is 0 Å². The first-order valence-corrected chi connectivity index (χ1v) is 9.75. The molecule has 0 unspecified atom stereocenters. The summed E-state index contributed by atoms with van der Waals surface area (Å²) in [4.78, 5) is 26.9. The molecule has 1 amide bonds. The summed E-state index contributed by atoms with van der Waals surface area (Å²) >= 11 is 0. The molecule has 2 aromatic carbocycles. The van der Waals surface area contributed by atoms with Crippen LogP contribution in [-0.4, -0.2) is 41.9 Å². The van der Waals surface area contributed by atoms with E-state index in [1.807, 2.05) is 56.3 Å². The zero-order chi connectivity index (χ0) is 19.7. The zero-order valence-corrected chi connectivity index (χ0v) is 16.4. The van der Waals surface area contributed by atoms with E-state index >= 15 is 0 Å². The number of Topliss-reactive ketones (excluding diaryl/α,β-unsaturated/α-hetero) is 1. The van der Waals surface area contributed by atoms with Crippen LogP contribution >= 0.6 is 0 Å². The largest absolute Gasteiger partial charge is 0.486 e. The van der Waals surface area contributed by atoms with Gasteiger partial charge in [-0.2, -0.15) is 0 Å². The Labute approximate surface area is 165 Å². The number of piperidine rings is 1. The summed E-state index contributed by atoms with van der Waals surface area (Å²) < 4.78 is 11.9. The second-order valence-electron chi connectivity index (χ2n) is 7.80. The smallest absolute Gasteiger partial charge is 0.260 e.